The number of carboxylic acid groups (broad SMARTS) is 1. The number of nitriles is 1. The van der Waals surface area contributed by atoms with Crippen molar-refractivity contribution in [2.24, 2.45) is 0 Å². The highest BCUT2D eigenvalue weighted by Gasteiger charge is 2.00. The molecule has 0 spiro atoms. The Balaban J connectivity index is 1.94. The molecule has 0 amide bonds. The summed E-state index contributed by atoms with van der Waals surface area (Å²) in [6.45, 7) is 0.414. The Morgan fingerprint density at radius 1 is 1.40 bits per heavy atom. The van der Waals surface area contributed by atoms with E-state index in [1.807, 2.05) is 17.5 Å². The van der Waals surface area contributed by atoms with Crippen LogP contribution in [-0.2, 0) is 11.4 Å². The van der Waals surface area contributed by atoms with Crippen LogP contribution in [0.25, 0.3) is 6.08 Å². The van der Waals surface area contributed by atoms with Crippen molar-refractivity contribution in [3.63, 3.8) is 0 Å². The molecule has 0 fully saturated rings. The van der Waals surface area contributed by atoms with Crippen LogP contribution < -0.4 is 4.74 Å². The third-order valence-electron chi connectivity index (χ3n) is 2.46. The zero-order chi connectivity index (χ0) is 14.4. The highest BCUT2D eigenvalue weighted by molar-refractivity contribution is 7.10. The lowest BCUT2D eigenvalue weighted by Gasteiger charge is -2.03. The van der Waals surface area contributed by atoms with E-state index >= 15 is 0 Å². The van der Waals surface area contributed by atoms with Crippen molar-refractivity contribution < 1.29 is 14.6 Å². The molecule has 0 aliphatic heterocycles. The first kappa shape index (κ1) is 13.8. The summed E-state index contributed by atoms with van der Waals surface area (Å²) in [6.07, 6.45) is 2.65. The Bertz CT molecular complexity index is 665. The summed E-state index contributed by atoms with van der Waals surface area (Å²) in [5.41, 5.74) is 1.44. The molecule has 0 saturated carbocycles. The van der Waals surface area contributed by atoms with E-state index < -0.39 is 5.97 Å². The molecule has 2 aromatic rings. The van der Waals surface area contributed by atoms with Crippen molar-refractivity contribution in [1.82, 2.24) is 0 Å². The molecule has 5 heteroatoms. The predicted molar refractivity (Wildman–Crippen MR) is 76.5 cm³/mol. The Labute approximate surface area is 120 Å². The number of carbonyl (C=O) groups is 1. The smallest absolute Gasteiger partial charge is 0.328 e. The van der Waals surface area contributed by atoms with Crippen LogP contribution in [0.1, 0.15) is 16.0 Å². The molecule has 1 aromatic heterocycles. The topological polar surface area (TPSA) is 70.3 Å². The number of rotatable bonds is 5. The van der Waals surface area contributed by atoms with Crippen LogP contribution in [0, 0.1) is 11.3 Å². The fraction of sp³-hybridized carbons (Fsp3) is 0.0667. The average Bonchev–Trinajstić information content (AvgIpc) is 2.91. The van der Waals surface area contributed by atoms with Gasteiger partial charge in [-0.15, -0.1) is 11.3 Å². The fourth-order valence-electron chi connectivity index (χ4n) is 1.51. The van der Waals surface area contributed by atoms with E-state index in [0.717, 1.165) is 16.5 Å². The number of hydrogen-bond donors (Lipinski definition) is 1. The summed E-state index contributed by atoms with van der Waals surface area (Å²) in [5, 5.41) is 19.1. The van der Waals surface area contributed by atoms with Gasteiger partial charge in [-0.1, -0.05) is 0 Å². The molecule has 0 unspecified atom stereocenters. The van der Waals surface area contributed by atoms with Gasteiger partial charge in [0.2, 0.25) is 0 Å². The van der Waals surface area contributed by atoms with E-state index in [-0.39, 0.29) is 0 Å². The summed E-state index contributed by atoms with van der Waals surface area (Å²) in [5.74, 6) is -0.272. The Hall–Kier alpha value is -2.58. The van der Waals surface area contributed by atoms with E-state index in [1.54, 1.807) is 30.3 Å². The predicted octanol–water partition coefficient (Wildman–Crippen LogP) is 3.30. The van der Waals surface area contributed by atoms with Crippen LogP contribution >= 0.6 is 11.3 Å². The molecule has 4 nitrogen and oxygen atoms in total. The van der Waals surface area contributed by atoms with E-state index in [9.17, 15) is 4.79 Å². The normalized spacial score (nSPS) is 10.3. The van der Waals surface area contributed by atoms with Crippen LogP contribution in [0.2, 0.25) is 0 Å². The number of aliphatic carboxylic acids is 1. The largest absolute Gasteiger partial charge is 0.488 e. The third-order valence-corrected chi connectivity index (χ3v) is 3.39. The molecule has 100 valence electrons. The van der Waals surface area contributed by atoms with Gasteiger partial charge in [-0.3, -0.25) is 0 Å². The maximum atomic E-state index is 10.4. The summed E-state index contributed by atoms with van der Waals surface area (Å²) >= 11 is 1.51. The second-order valence-electron chi connectivity index (χ2n) is 3.94. The number of hydrogen-bond acceptors (Lipinski definition) is 4. The standard InChI is InChI=1S/C15H11NO3S/c16-8-11-1-4-13(5-2-11)19-9-14-7-12(10-20-14)3-6-15(17)18/h1-7,10H,9H2,(H,17,18). The monoisotopic (exact) mass is 285 g/mol. The summed E-state index contributed by atoms with van der Waals surface area (Å²) < 4.78 is 5.59. The van der Waals surface area contributed by atoms with Gasteiger partial charge in [0, 0.05) is 11.0 Å². The summed E-state index contributed by atoms with van der Waals surface area (Å²) in [7, 11) is 0. The molecule has 1 aromatic carbocycles. The van der Waals surface area contributed by atoms with Gasteiger partial charge < -0.3 is 9.84 Å². The zero-order valence-electron chi connectivity index (χ0n) is 10.4. The number of ether oxygens (including phenoxy) is 1. The molecule has 1 heterocycles. The lowest BCUT2D eigenvalue weighted by atomic mass is 10.2. The Kier molecular flexibility index (Phi) is 4.53. The minimum absolute atomic E-state index is 0.414. The van der Waals surface area contributed by atoms with Crippen molar-refractivity contribution in [3.8, 4) is 11.8 Å². The summed E-state index contributed by atoms with van der Waals surface area (Å²) in [4.78, 5) is 11.4. The Morgan fingerprint density at radius 3 is 2.80 bits per heavy atom. The Morgan fingerprint density at radius 2 is 2.15 bits per heavy atom. The van der Waals surface area contributed by atoms with E-state index in [0.29, 0.717) is 17.9 Å². The van der Waals surface area contributed by atoms with Gasteiger partial charge in [-0.05, 0) is 47.4 Å². The van der Waals surface area contributed by atoms with Crippen LogP contribution in [0.15, 0.2) is 41.8 Å². The highest BCUT2D eigenvalue weighted by atomic mass is 32.1. The first-order valence-corrected chi connectivity index (χ1v) is 6.67. The molecular weight excluding hydrogens is 274 g/mol. The highest BCUT2D eigenvalue weighted by Crippen LogP contribution is 2.19. The van der Waals surface area contributed by atoms with Gasteiger partial charge in [0.15, 0.2) is 0 Å². The number of nitrogens with zero attached hydrogens (tertiary/aromatic N) is 1. The molecule has 2 rings (SSSR count). The van der Waals surface area contributed by atoms with E-state index in [1.165, 1.54) is 11.3 Å². The van der Waals surface area contributed by atoms with Crippen LogP contribution in [-0.4, -0.2) is 11.1 Å². The maximum Gasteiger partial charge on any atom is 0.328 e. The quantitative estimate of drug-likeness (QED) is 0.856. The van der Waals surface area contributed by atoms with Crippen LogP contribution in [0.4, 0.5) is 0 Å². The van der Waals surface area contributed by atoms with Gasteiger partial charge in [-0.25, -0.2) is 4.79 Å². The molecule has 0 aliphatic carbocycles. The zero-order valence-corrected chi connectivity index (χ0v) is 11.3. The maximum absolute atomic E-state index is 10.4. The van der Waals surface area contributed by atoms with Crippen LogP contribution in [0.3, 0.4) is 0 Å². The van der Waals surface area contributed by atoms with E-state index in [2.05, 4.69) is 0 Å². The molecule has 20 heavy (non-hydrogen) atoms. The van der Waals surface area contributed by atoms with Crippen molar-refractivity contribution >= 4 is 23.4 Å². The summed E-state index contributed by atoms with van der Waals surface area (Å²) in [6, 6.07) is 10.8. The second kappa shape index (κ2) is 6.55. The fourth-order valence-corrected chi connectivity index (χ4v) is 2.27. The van der Waals surface area contributed by atoms with Gasteiger partial charge in [0.25, 0.3) is 0 Å². The molecule has 0 saturated heterocycles. The number of benzene rings is 1. The lowest BCUT2D eigenvalue weighted by molar-refractivity contribution is -0.131. The molecule has 1 N–H and O–H groups in total. The van der Waals surface area contributed by atoms with Crippen molar-refractivity contribution in [1.29, 1.82) is 5.26 Å². The third kappa shape index (κ3) is 3.97. The second-order valence-corrected chi connectivity index (χ2v) is 4.94. The van der Waals surface area contributed by atoms with Crippen molar-refractivity contribution in [3.05, 3.63) is 57.8 Å². The number of carboxylic acids is 1. The first-order valence-electron chi connectivity index (χ1n) is 5.79. The molecule has 0 aliphatic rings. The SMILES string of the molecule is N#Cc1ccc(OCc2cc(C=CC(=O)O)cs2)cc1. The van der Waals surface area contributed by atoms with Crippen LogP contribution in [0.5, 0.6) is 5.75 Å². The van der Waals surface area contributed by atoms with Gasteiger partial charge >= 0.3 is 5.97 Å². The van der Waals surface area contributed by atoms with Crippen molar-refractivity contribution in [2.75, 3.05) is 0 Å². The minimum atomic E-state index is -0.966. The van der Waals surface area contributed by atoms with E-state index in [4.69, 9.17) is 15.1 Å². The first-order chi connectivity index (χ1) is 9.67. The molecule has 0 bridgehead atoms. The van der Waals surface area contributed by atoms with Gasteiger partial charge in [-0.2, -0.15) is 5.26 Å². The lowest BCUT2D eigenvalue weighted by Crippen LogP contribution is -1.92. The molecule has 0 radical (unpaired) electrons. The van der Waals surface area contributed by atoms with Crippen molar-refractivity contribution in [2.45, 2.75) is 6.61 Å². The van der Waals surface area contributed by atoms with Gasteiger partial charge in [0.1, 0.15) is 12.4 Å². The number of thiophene rings is 1. The van der Waals surface area contributed by atoms with Gasteiger partial charge in [0.05, 0.1) is 11.6 Å². The average molecular weight is 285 g/mol. The molecular formula is C15H11NO3S. The molecule has 0 atom stereocenters. The minimum Gasteiger partial charge on any atom is -0.488 e.